The third-order valence-electron chi connectivity index (χ3n) is 3.23. The van der Waals surface area contributed by atoms with Gasteiger partial charge >= 0.3 is 0 Å². The Hall–Kier alpha value is -1.67. The molecule has 1 aliphatic heterocycles. The van der Waals surface area contributed by atoms with E-state index < -0.39 is 9.84 Å². The average Bonchev–Trinajstić information content (AvgIpc) is 2.77. The van der Waals surface area contributed by atoms with Gasteiger partial charge in [-0.25, -0.2) is 19.2 Å². The Bertz CT molecular complexity index is 587. The third-order valence-corrected chi connectivity index (χ3v) is 4.98. The Balaban J connectivity index is 2.15. The second kappa shape index (κ2) is 5.14. The minimum absolute atomic E-state index is 0.0301. The SMILES string of the molecule is CN(C(=O)c1ccnc(NN)c1)C1CCS(=O)(=O)C1. The molecular weight excluding hydrogens is 268 g/mol. The highest BCUT2D eigenvalue weighted by atomic mass is 32.2. The van der Waals surface area contributed by atoms with E-state index in [-0.39, 0.29) is 23.5 Å². The highest BCUT2D eigenvalue weighted by Gasteiger charge is 2.33. The Morgan fingerprint density at radius 2 is 2.32 bits per heavy atom. The van der Waals surface area contributed by atoms with Crippen LogP contribution in [0, 0.1) is 0 Å². The summed E-state index contributed by atoms with van der Waals surface area (Å²) in [6, 6.07) is 2.84. The number of amides is 1. The first-order valence-electron chi connectivity index (χ1n) is 5.83. The molecule has 1 aromatic heterocycles. The van der Waals surface area contributed by atoms with Crippen molar-refractivity contribution in [3.8, 4) is 0 Å². The van der Waals surface area contributed by atoms with Gasteiger partial charge in [0.2, 0.25) is 0 Å². The molecule has 1 aromatic rings. The number of nitrogens with one attached hydrogen (secondary N) is 1. The van der Waals surface area contributed by atoms with E-state index in [2.05, 4.69) is 10.4 Å². The van der Waals surface area contributed by atoms with Crippen molar-refractivity contribution in [1.29, 1.82) is 0 Å². The van der Waals surface area contributed by atoms with Crippen molar-refractivity contribution in [2.24, 2.45) is 5.84 Å². The standard InChI is InChI=1S/C11H16N4O3S/c1-15(9-3-5-19(17,18)7-9)11(16)8-2-4-13-10(6-8)14-12/h2,4,6,9H,3,5,7,12H2,1H3,(H,13,14). The van der Waals surface area contributed by atoms with Crippen LogP contribution in [-0.2, 0) is 9.84 Å². The van der Waals surface area contributed by atoms with Crippen molar-refractivity contribution in [3.05, 3.63) is 23.9 Å². The number of nitrogen functional groups attached to an aromatic ring is 1. The summed E-state index contributed by atoms with van der Waals surface area (Å²) >= 11 is 0. The maximum absolute atomic E-state index is 12.2. The number of hydrogen-bond donors (Lipinski definition) is 2. The second-order valence-corrected chi connectivity index (χ2v) is 6.78. The van der Waals surface area contributed by atoms with E-state index in [0.717, 1.165) is 0 Å². The first kappa shape index (κ1) is 13.8. The number of sulfone groups is 1. The van der Waals surface area contributed by atoms with Crippen molar-refractivity contribution in [2.75, 3.05) is 24.0 Å². The molecular formula is C11H16N4O3S. The molecule has 1 amide bonds. The average molecular weight is 284 g/mol. The number of nitrogens with two attached hydrogens (primary N) is 1. The number of pyridine rings is 1. The summed E-state index contributed by atoms with van der Waals surface area (Å²) in [6.07, 6.45) is 1.96. The Morgan fingerprint density at radius 1 is 1.58 bits per heavy atom. The molecule has 0 aromatic carbocycles. The van der Waals surface area contributed by atoms with Crippen LogP contribution in [0.1, 0.15) is 16.8 Å². The fraction of sp³-hybridized carbons (Fsp3) is 0.455. The fourth-order valence-corrected chi connectivity index (χ4v) is 3.87. The molecule has 1 unspecified atom stereocenters. The summed E-state index contributed by atoms with van der Waals surface area (Å²) in [4.78, 5) is 17.6. The Labute approximate surface area is 111 Å². The monoisotopic (exact) mass is 284 g/mol. The van der Waals surface area contributed by atoms with Crippen molar-refractivity contribution < 1.29 is 13.2 Å². The van der Waals surface area contributed by atoms with Gasteiger partial charge < -0.3 is 10.3 Å². The number of hydrazine groups is 1. The molecule has 1 atom stereocenters. The molecule has 0 radical (unpaired) electrons. The van der Waals surface area contributed by atoms with Gasteiger partial charge in [0.05, 0.1) is 11.5 Å². The van der Waals surface area contributed by atoms with E-state index in [1.54, 1.807) is 13.1 Å². The van der Waals surface area contributed by atoms with E-state index >= 15 is 0 Å². The maximum Gasteiger partial charge on any atom is 0.254 e. The number of carbonyl (C=O) groups excluding carboxylic acids is 1. The molecule has 7 nitrogen and oxygen atoms in total. The predicted molar refractivity (Wildman–Crippen MR) is 71.2 cm³/mol. The van der Waals surface area contributed by atoms with Gasteiger partial charge in [0.1, 0.15) is 5.82 Å². The van der Waals surface area contributed by atoms with Crippen LogP contribution in [0.5, 0.6) is 0 Å². The summed E-state index contributed by atoms with van der Waals surface area (Å²) in [5.41, 5.74) is 2.79. The summed E-state index contributed by atoms with van der Waals surface area (Å²) in [5.74, 6) is 5.56. The van der Waals surface area contributed by atoms with Crippen LogP contribution >= 0.6 is 0 Å². The first-order valence-corrected chi connectivity index (χ1v) is 7.65. The van der Waals surface area contributed by atoms with Gasteiger partial charge in [0.25, 0.3) is 5.91 Å². The first-order chi connectivity index (χ1) is 8.93. The number of hydrogen-bond acceptors (Lipinski definition) is 6. The lowest BCUT2D eigenvalue weighted by molar-refractivity contribution is 0.0747. The van der Waals surface area contributed by atoms with Crippen LogP contribution < -0.4 is 11.3 Å². The van der Waals surface area contributed by atoms with Gasteiger partial charge in [-0.1, -0.05) is 0 Å². The lowest BCUT2D eigenvalue weighted by atomic mass is 10.2. The molecule has 1 fully saturated rings. The quantitative estimate of drug-likeness (QED) is 0.579. The highest BCUT2D eigenvalue weighted by molar-refractivity contribution is 7.91. The molecule has 1 saturated heterocycles. The van der Waals surface area contributed by atoms with Crippen LogP contribution in [-0.4, -0.2) is 48.8 Å². The minimum Gasteiger partial charge on any atom is -0.338 e. The van der Waals surface area contributed by atoms with Crippen molar-refractivity contribution in [2.45, 2.75) is 12.5 Å². The van der Waals surface area contributed by atoms with Crippen LogP contribution in [0.4, 0.5) is 5.82 Å². The zero-order chi connectivity index (χ0) is 14.0. The van der Waals surface area contributed by atoms with E-state index in [4.69, 9.17) is 5.84 Å². The van der Waals surface area contributed by atoms with Crippen LogP contribution in [0.2, 0.25) is 0 Å². The topological polar surface area (TPSA) is 105 Å². The molecule has 1 aliphatic rings. The molecule has 0 saturated carbocycles. The van der Waals surface area contributed by atoms with E-state index in [1.165, 1.54) is 17.2 Å². The van der Waals surface area contributed by atoms with E-state index in [0.29, 0.717) is 17.8 Å². The third kappa shape index (κ3) is 3.02. The Kier molecular flexibility index (Phi) is 3.72. The molecule has 2 rings (SSSR count). The van der Waals surface area contributed by atoms with Crippen LogP contribution in [0.15, 0.2) is 18.3 Å². The molecule has 0 aliphatic carbocycles. The maximum atomic E-state index is 12.2. The van der Waals surface area contributed by atoms with Gasteiger partial charge in [0, 0.05) is 24.8 Å². The van der Waals surface area contributed by atoms with E-state index in [9.17, 15) is 13.2 Å². The molecule has 0 spiro atoms. The molecule has 3 N–H and O–H groups in total. The van der Waals surface area contributed by atoms with Crippen LogP contribution in [0.25, 0.3) is 0 Å². The minimum atomic E-state index is -3.01. The lowest BCUT2D eigenvalue weighted by Crippen LogP contribution is -2.37. The highest BCUT2D eigenvalue weighted by Crippen LogP contribution is 2.19. The van der Waals surface area contributed by atoms with Gasteiger partial charge in [0.15, 0.2) is 9.84 Å². The number of anilines is 1. The molecule has 8 heteroatoms. The molecule has 2 heterocycles. The number of nitrogens with zero attached hydrogens (tertiary/aromatic N) is 2. The Morgan fingerprint density at radius 3 is 2.89 bits per heavy atom. The lowest BCUT2D eigenvalue weighted by Gasteiger charge is -2.23. The van der Waals surface area contributed by atoms with Crippen molar-refractivity contribution in [3.63, 3.8) is 0 Å². The zero-order valence-corrected chi connectivity index (χ0v) is 11.4. The molecule has 104 valence electrons. The summed E-state index contributed by atoms with van der Waals surface area (Å²) in [5, 5.41) is 0. The van der Waals surface area contributed by atoms with Crippen molar-refractivity contribution >= 4 is 21.6 Å². The normalized spacial score (nSPS) is 21.1. The number of aromatic nitrogens is 1. The summed E-state index contributed by atoms with van der Waals surface area (Å²) < 4.78 is 22.9. The van der Waals surface area contributed by atoms with Gasteiger partial charge in [-0.2, -0.15) is 0 Å². The zero-order valence-electron chi connectivity index (χ0n) is 10.5. The van der Waals surface area contributed by atoms with Crippen molar-refractivity contribution in [1.82, 2.24) is 9.88 Å². The van der Waals surface area contributed by atoms with Crippen LogP contribution in [0.3, 0.4) is 0 Å². The number of rotatable bonds is 3. The molecule has 19 heavy (non-hydrogen) atoms. The summed E-state index contributed by atoms with van der Waals surface area (Å²) in [6.45, 7) is 0. The van der Waals surface area contributed by atoms with Gasteiger partial charge in [-0.05, 0) is 18.6 Å². The molecule has 0 bridgehead atoms. The largest absolute Gasteiger partial charge is 0.338 e. The van der Waals surface area contributed by atoms with Gasteiger partial charge in [-0.3, -0.25) is 4.79 Å². The number of carbonyl (C=O) groups is 1. The second-order valence-electron chi connectivity index (χ2n) is 4.55. The van der Waals surface area contributed by atoms with Gasteiger partial charge in [-0.15, -0.1) is 0 Å². The summed E-state index contributed by atoms with van der Waals surface area (Å²) in [7, 11) is -1.39. The smallest absolute Gasteiger partial charge is 0.254 e. The predicted octanol–water partition coefficient (Wildman–Crippen LogP) is -0.374. The van der Waals surface area contributed by atoms with E-state index in [1.807, 2.05) is 0 Å². The fourth-order valence-electron chi connectivity index (χ4n) is 2.09.